The largest absolute Gasteiger partial charge is 0.493 e. The minimum absolute atomic E-state index is 0.0786. The number of hydrogen-bond donors (Lipinski definition) is 0. The van der Waals surface area contributed by atoms with E-state index in [1.165, 1.54) is 27.7 Å². The highest BCUT2D eigenvalue weighted by Crippen LogP contribution is 2.30. The Bertz CT molecular complexity index is 983. The molecular weight excluding hydrogens is 524 g/mol. The van der Waals surface area contributed by atoms with Gasteiger partial charge in [0.05, 0.1) is 6.61 Å². The fourth-order valence-corrected chi connectivity index (χ4v) is 4.01. The summed E-state index contributed by atoms with van der Waals surface area (Å²) < 4.78 is 38.9. The van der Waals surface area contributed by atoms with E-state index in [2.05, 4.69) is 20.8 Å². The van der Waals surface area contributed by atoms with E-state index in [1.807, 2.05) is 24.3 Å². The SMILES string of the molecule is CC(=O)OCC1OC(OCCCCc2ccc(OCC(C)(C)C)cc2)C(OC(C)=O)C(OC(C)=O)C1OC(C)=O. The van der Waals surface area contributed by atoms with Crippen LogP contribution in [0.25, 0.3) is 0 Å². The second-order valence-electron chi connectivity index (χ2n) is 10.9. The third kappa shape index (κ3) is 11.9. The lowest BCUT2D eigenvalue weighted by Gasteiger charge is -2.44. The van der Waals surface area contributed by atoms with E-state index >= 15 is 0 Å². The molecule has 0 spiro atoms. The zero-order valence-corrected chi connectivity index (χ0v) is 24.4. The molecule has 1 heterocycles. The topological polar surface area (TPSA) is 133 Å². The van der Waals surface area contributed by atoms with Crippen molar-refractivity contribution in [1.29, 1.82) is 0 Å². The Morgan fingerprint density at radius 1 is 0.775 bits per heavy atom. The maximum absolute atomic E-state index is 11.9. The number of benzene rings is 1. The molecule has 0 amide bonds. The summed E-state index contributed by atoms with van der Waals surface area (Å²) in [5.41, 5.74) is 1.23. The molecule has 1 aromatic rings. The van der Waals surface area contributed by atoms with Crippen LogP contribution in [-0.2, 0) is 54.0 Å². The molecule has 5 atom stereocenters. The van der Waals surface area contributed by atoms with Gasteiger partial charge in [-0.2, -0.15) is 0 Å². The molecule has 40 heavy (non-hydrogen) atoms. The van der Waals surface area contributed by atoms with Gasteiger partial charge in [-0.05, 0) is 42.4 Å². The van der Waals surface area contributed by atoms with E-state index in [9.17, 15) is 19.2 Å². The van der Waals surface area contributed by atoms with Gasteiger partial charge in [0.2, 0.25) is 0 Å². The van der Waals surface area contributed by atoms with Gasteiger partial charge in [-0.25, -0.2) is 0 Å². The third-order valence-corrected chi connectivity index (χ3v) is 5.69. The first-order chi connectivity index (χ1) is 18.7. The van der Waals surface area contributed by atoms with Gasteiger partial charge in [-0.3, -0.25) is 19.2 Å². The van der Waals surface area contributed by atoms with Crippen molar-refractivity contribution >= 4 is 23.9 Å². The van der Waals surface area contributed by atoms with Crippen molar-refractivity contribution in [3.8, 4) is 5.75 Å². The maximum atomic E-state index is 11.9. The lowest BCUT2D eigenvalue weighted by atomic mass is 9.98. The summed E-state index contributed by atoms with van der Waals surface area (Å²) in [6, 6.07) is 7.96. The van der Waals surface area contributed by atoms with Crippen LogP contribution in [0, 0.1) is 5.41 Å². The molecule has 1 aromatic carbocycles. The van der Waals surface area contributed by atoms with E-state index in [0.29, 0.717) is 13.0 Å². The Morgan fingerprint density at radius 3 is 1.90 bits per heavy atom. The average Bonchev–Trinajstić information content (AvgIpc) is 2.84. The van der Waals surface area contributed by atoms with Gasteiger partial charge in [0.25, 0.3) is 0 Å². The quantitative estimate of drug-likeness (QED) is 0.197. The second kappa shape index (κ2) is 15.6. The lowest BCUT2D eigenvalue weighted by molar-refractivity contribution is -0.308. The molecule has 1 aliphatic rings. The number of hydrogen-bond acceptors (Lipinski definition) is 11. The highest BCUT2D eigenvalue weighted by molar-refractivity contribution is 5.68. The van der Waals surface area contributed by atoms with Crippen molar-refractivity contribution in [3.63, 3.8) is 0 Å². The van der Waals surface area contributed by atoms with Gasteiger partial charge in [0, 0.05) is 34.3 Å². The summed E-state index contributed by atoms with van der Waals surface area (Å²) >= 11 is 0. The van der Waals surface area contributed by atoms with Gasteiger partial charge in [-0.1, -0.05) is 32.9 Å². The molecular formula is C29H42O11. The number of carbonyl (C=O) groups is 4. The first-order valence-electron chi connectivity index (χ1n) is 13.4. The van der Waals surface area contributed by atoms with Crippen LogP contribution in [0.2, 0.25) is 0 Å². The van der Waals surface area contributed by atoms with E-state index in [-0.39, 0.29) is 18.6 Å². The molecule has 11 nitrogen and oxygen atoms in total. The highest BCUT2D eigenvalue weighted by Gasteiger charge is 2.52. The van der Waals surface area contributed by atoms with Gasteiger partial charge in [-0.15, -0.1) is 0 Å². The summed E-state index contributed by atoms with van der Waals surface area (Å²) in [7, 11) is 0. The van der Waals surface area contributed by atoms with Crippen molar-refractivity contribution in [1.82, 2.24) is 0 Å². The van der Waals surface area contributed by atoms with Crippen LogP contribution >= 0.6 is 0 Å². The summed E-state index contributed by atoms with van der Waals surface area (Å²) in [5.74, 6) is -1.81. The zero-order valence-electron chi connectivity index (χ0n) is 24.4. The highest BCUT2D eigenvalue weighted by atomic mass is 16.7. The smallest absolute Gasteiger partial charge is 0.303 e. The molecule has 0 N–H and O–H groups in total. The van der Waals surface area contributed by atoms with Crippen molar-refractivity contribution in [2.45, 2.75) is 98.4 Å². The van der Waals surface area contributed by atoms with Gasteiger partial charge in [0.15, 0.2) is 24.6 Å². The van der Waals surface area contributed by atoms with Gasteiger partial charge in [0.1, 0.15) is 18.5 Å². The normalized spacial score (nSPS) is 22.6. The first-order valence-corrected chi connectivity index (χ1v) is 13.4. The van der Waals surface area contributed by atoms with E-state index in [4.69, 9.17) is 33.2 Å². The first kappa shape index (κ1) is 33.0. The van der Waals surface area contributed by atoms with Gasteiger partial charge >= 0.3 is 23.9 Å². The summed E-state index contributed by atoms with van der Waals surface area (Å²) in [6.45, 7) is 11.7. The molecule has 1 fully saturated rings. The minimum atomic E-state index is -1.25. The van der Waals surface area contributed by atoms with Crippen LogP contribution in [0.5, 0.6) is 5.75 Å². The Kier molecular flexibility index (Phi) is 12.9. The van der Waals surface area contributed by atoms with Crippen molar-refractivity contribution in [3.05, 3.63) is 29.8 Å². The summed E-state index contributed by atoms with van der Waals surface area (Å²) in [6.07, 6.45) is -3.62. The molecule has 0 aliphatic carbocycles. The number of carbonyl (C=O) groups excluding carboxylic acids is 4. The van der Waals surface area contributed by atoms with Crippen LogP contribution in [0.15, 0.2) is 24.3 Å². The third-order valence-electron chi connectivity index (χ3n) is 5.69. The standard InChI is InChI=1S/C29H42O11/c1-18(30)35-16-24-25(37-19(2)31)26(38-20(3)32)27(39-21(4)33)28(40-24)34-15-9-8-10-22-11-13-23(14-12-22)36-17-29(5,6)7/h11-14,24-28H,8-10,15-17H2,1-7H3. The van der Waals surface area contributed by atoms with Crippen molar-refractivity contribution in [2.24, 2.45) is 5.41 Å². The Morgan fingerprint density at radius 2 is 1.35 bits per heavy atom. The number of esters is 4. The lowest BCUT2D eigenvalue weighted by Crippen LogP contribution is -2.63. The summed E-state index contributed by atoms with van der Waals surface area (Å²) in [4.78, 5) is 47.1. The van der Waals surface area contributed by atoms with Crippen LogP contribution in [0.3, 0.4) is 0 Å². The summed E-state index contributed by atoms with van der Waals surface area (Å²) in [5, 5.41) is 0. The van der Waals surface area contributed by atoms with Crippen LogP contribution < -0.4 is 4.74 Å². The van der Waals surface area contributed by atoms with Crippen LogP contribution in [-0.4, -0.2) is 74.4 Å². The van der Waals surface area contributed by atoms with Crippen molar-refractivity contribution in [2.75, 3.05) is 19.8 Å². The monoisotopic (exact) mass is 566 g/mol. The molecule has 0 aromatic heterocycles. The van der Waals surface area contributed by atoms with Crippen LogP contribution in [0.1, 0.15) is 66.9 Å². The fourth-order valence-electron chi connectivity index (χ4n) is 4.01. The Balaban J connectivity index is 2.04. The molecule has 0 saturated carbocycles. The molecule has 11 heteroatoms. The van der Waals surface area contributed by atoms with Crippen LogP contribution in [0.4, 0.5) is 0 Å². The average molecular weight is 567 g/mol. The maximum Gasteiger partial charge on any atom is 0.303 e. The number of unbranched alkanes of at least 4 members (excludes halogenated alkanes) is 1. The number of rotatable bonds is 13. The predicted octanol–water partition coefficient (Wildman–Crippen LogP) is 3.53. The van der Waals surface area contributed by atoms with Gasteiger partial charge < -0.3 is 33.2 Å². The molecule has 5 unspecified atom stereocenters. The Labute approximate surface area is 235 Å². The number of aryl methyl sites for hydroxylation is 1. The molecule has 224 valence electrons. The zero-order chi connectivity index (χ0) is 29.9. The van der Waals surface area contributed by atoms with E-state index in [1.54, 1.807) is 0 Å². The molecule has 2 rings (SSSR count). The molecule has 0 bridgehead atoms. The molecule has 0 radical (unpaired) electrons. The van der Waals surface area contributed by atoms with E-state index in [0.717, 1.165) is 24.2 Å². The second-order valence-corrected chi connectivity index (χ2v) is 10.9. The molecule has 1 aliphatic heterocycles. The Hall–Kier alpha value is -3.18. The fraction of sp³-hybridized carbons (Fsp3) is 0.655. The molecule has 1 saturated heterocycles. The number of ether oxygens (including phenoxy) is 7. The van der Waals surface area contributed by atoms with E-state index < -0.39 is 54.6 Å². The van der Waals surface area contributed by atoms with Crippen molar-refractivity contribution < 1.29 is 52.3 Å². The predicted molar refractivity (Wildman–Crippen MR) is 142 cm³/mol. The minimum Gasteiger partial charge on any atom is -0.493 e.